The quantitative estimate of drug-likeness (QED) is 0.489. The van der Waals surface area contributed by atoms with E-state index in [-0.39, 0.29) is 17.7 Å². The minimum absolute atomic E-state index is 0.0781. The van der Waals surface area contributed by atoms with E-state index in [9.17, 15) is 19.8 Å². The third-order valence-corrected chi connectivity index (χ3v) is 4.34. The van der Waals surface area contributed by atoms with Crippen LogP contribution in [0.3, 0.4) is 0 Å². The molecule has 4 rings (SSSR count). The Balaban J connectivity index is 2.17. The minimum Gasteiger partial charge on any atom is -0.387 e. The van der Waals surface area contributed by atoms with E-state index in [4.69, 9.17) is 4.74 Å². The second-order valence-corrected chi connectivity index (χ2v) is 5.55. The summed E-state index contributed by atoms with van der Waals surface area (Å²) in [7, 11) is 0. The molecular weight excluding hydrogens is 336 g/mol. The van der Waals surface area contributed by atoms with Gasteiger partial charge in [-0.2, -0.15) is 0 Å². The first-order chi connectivity index (χ1) is 9.49. The van der Waals surface area contributed by atoms with Gasteiger partial charge in [-0.05, 0) is 15.9 Å². The lowest BCUT2D eigenvalue weighted by Crippen LogP contribution is -2.40. The first-order valence-electron chi connectivity index (χ1n) is 5.91. The Morgan fingerprint density at radius 2 is 2.10 bits per heavy atom. The standard InChI is InChI=1S/C10H9BrN4O5/c11-9-12-3-6(18)13-10(19)15-7(3)14(9)1-2-4(16)5(17)8(15)20-2/h2,4-5,8,16-17H,1H2,(H,13,18,19)/t2-,4-,5-,8-/m1/s1. The second-order valence-electron chi connectivity index (χ2n) is 4.84. The van der Waals surface area contributed by atoms with Crippen LogP contribution in [0.25, 0.3) is 11.2 Å². The number of ether oxygens (including phenoxy) is 1. The fourth-order valence-corrected chi connectivity index (χ4v) is 3.29. The van der Waals surface area contributed by atoms with Gasteiger partial charge in [0, 0.05) is 0 Å². The molecule has 2 aromatic rings. The molecule has 106 valence electrons. The molecule has 4 atom stereocenters. The highest BCUT2D eigenvalue weighted by molar-refractivity contribution is 9.10. The summed E-state index contributed by atoms with van der Waals surface area (Å²) in [5.41, 5.74) is -0.971. The fourth-order valence-electron chi connectivity index (χ4n) is 2.80. The molecule has 1 saturated heterocycles. The fraction of sp³-hybridized carbons (Fsp3) is 0.500. The number of H-pyrrole nitrogens is 1. The van der Waals surface area contributed by atoms with E-state index in [1.54, 1.807) is 4.57 Å². The number of aromatic nitrogens is 4. The van der Waals surface area contributed by atoms with Crippen molar-refractivity contribution in [1.82, 2.24) is 19.1 Å². The highest BCUT2D eigenvalue weighted by Gasteiger charge is 2.47. The van der Waals surface area contributed by atoms with Gasteiger partial charge in [-0.25, -0.2) is 14.3 Å². The Bertz CT molecular complexity index is 839. The van der Waals surface area contributed by atoms with Gasteiger partial charge < -0.3 is 19.5 Å². The van der Waals surface area contributed by atoms with Gasteiger partial charge in [0.2, 0.25) is 0 Å². The van der Waals surface area contributed by atoms with Crippen LogP contribution in [0.5, 0.6) is 0 Å². The molecule has 4 heterocycles. The summed E-state index contributed by atoms with van der Waals surface area (Å²) in [5.74, 6) is 0. The van der Waals surface area contributed by atoms with E-state index in [2.05, 4.69) is 25.9 Å². The number of fused-ring (bicyclic) bond motifs is 3. The SMILES string of the molecule is O=c1[nH]c(=O)n2c3c1nc(Br)n3C[C@H]1O[C@@H]2[C@H](O)[C@@H]1O. The highest BCUT2D eigenvalue weighted by atomic mass is 79.9. The average molecular weight is 345 g/mol. The molecular formula is C10H9BrN4O5. The van der Waals surface area contributed by atoms with Gasteiger partial charge in [0.05, 0.1) is 6.54 Å². The first kappa shape index (κ1) is 12.3. The van der Waals surface area contributed by atoms with Crippen molar-refractivity contribution >= 4 is 27.1 Å². The predicted octanol–water partition coefficient (Wildman–Crippen LogP) is -1.72. The van der Waals surface area contributed by atoms with Crippen LogP contribution in [-0.2, 0) is 11.3 Å². The number of hydrogen-bond donors (Lipinski definition) is 3. The molecule has 0 unspecified atom stereocenters. The second kappa shape index (κ2) is 3.79. The van der Waals surface area contributed by atoms with E-state index in [0.717, 1.165) is 4.57 Å². The Labute approximate surface area is 118 Å². The molecule has 2 aromatic heterocycles. The number of aliphatic hydroxyl groups is 2. The molecule has 0 saturated carbocycles. The van der Waals surface area contributed by atoms with Crippen molar-refractivity contribution in [1.29, 1.82) is 0 Å². The smallest absolute Gasteiger partial charge is 0.332 e. The lowest BCUT2D eigenvalue weighted by Gasteiger charge is -2.19. The molecule has 2 aliphatic heterocycles. The molecule has 0 spiro atoms. The lowest BCUT2D eigenvalue weighted by molar-refractivity contribution is -0.0354. The van der Waals surface area contributed by atoms with Gasteiger partial charge >= 0.3 is 5.69 Å². The van der Waals surface area contributed by atoms with Crippen molar-refractivity contribution in [3.05, 3.63) is 25.6 Å². The molecule has 0 aromatic carbocycles. The van der Waals surface area contributed by atoms with E-state index in [1.807, 2.05) is 0 Å². The van der Waals surface area contributed by atoms with Crippen molar-refractivity contribution < 1.29 is 14.9 Å². The summed E-state index contributed by atoms with van der Waals surface area (Å²) < 4.78 is 8.58. The van der Waals surface area contributed by atoms with Crippen LogP contribution in [0, 0.1) is 0 Å². The van der Waals surface area contributed by atoms with Crippen LogP contribution in [0.4, 0.5) is 0 Å². The van der Waals surface area contributed by atoms with E-state index < -0.39 is 35.8 Å². The number of nitrogens with one attached hydrogen (secondary N) is 1. The maximum absolute atomic E-state index is 12.1. The number of nitrogens with zero attached hydrogens (tertiary/aromatic N) is 3. The van der Waals surface area contributed by atoms with Crippen LogP contribution in [0.15, 0.2) is 14.3 Å². The molecule has 20 heavy (non-hydrogen) atoms. The summed E-state index contributed by atoms with van der Waals surface area (Å²) in [4.78, 5) is 30.1. The van der Waals surface area contributed by atoms with Crippen LogP contribution in [0.2, 0.25) is 0 Å². The Morgan fingerprint density at radius 3 is 2.85 bits per heavy atom. The molecule has 0 amide bonds. The van der Waals surface area contributed by atoms with Gasteiger partial charge in [-0.15, -0.1) is 0 Å². The van der Waals surface area contributed by atoms with Crippen LogP contribution in [-0.4, -0.2) is 47.6 Å². The van der Waals surface area contributed by atoms with Crippen molar-refractivity contribution in [2.24, 2.45) is 0 Å². The summed E-state index contributed by atoms with van der Waals surface area (Å²) in [6, 6.07) is 0. The third-order valence-electron chi connectivity index (χ3n) is 3.73. The van der Waals surface area contributed by atoms with Gasteiger partial charge in [0.15, 0.2) is 22.1 Å². The van der Waals surface area contributed by atoms with E-state index in [1.165, 1.54) is 0 Å². The van der Waals surface area contributed by atoms with Gasteiger partial charge in [-0.1, -0.05) is 0 Å². The Hall–Kier alpha value is -1.49. The van der Waals surface area contributed by atoms with Crippen LogP contribution < -0.4 is 11.2 Å². The summed E-state index contributed by atoms with van der Waals surface area (Å²) in [5, 5.41) is 19.9. The zero-order valence-electron chi connectivity index (χ0n) is 9.86. The topological polar surface area (TPSA) is 122 Å². The average Bonchev–Trinajstić information content (AvgIpc) is 2.78. The number of hydrogen-bond acceptors (Lipinski definition) is 6. The molecule has 0 aliphatic carbocycles. The number of rotatable bonds is 0. The molecule has 1 fully saturated rings. The lowest BCUT2D eigenvalue weighted by atomic mass is 10.1. The summed E-state index contributed by atoms with van der Waals surface area (Å²) >= 11 is 3.22. The molecule has 2 bridgehead atoms. The Morgan fingerprint density at radius 1 is 1.35 bits per heavy atom. The molecule has 3 N–H and O–H groups in total. The Kier molecular flexibility index (Phi) is 2.32. The van der Waals surface area contributed by atoms with Gasteiger partial charge in [0.25, 0.3) is 5.56 Å². The summed E-state index contributed by atoms with van der Waals surface area (Å²) in [6.45, 7) is 0.175. The molecule has 2 aliphatic rings. The van der Waals surface area contributed by atoms with Crippen molar-refractivity contribution in [3.8, 4) is 0 Å². The maximum Gasteiger partial charge on any atom is 0.332 e. The zero-order valence-corrected chi connectivity index (χ0v) is 11.4. The zero-order chi connectivity index (χ0) is 14.2. The predicted molar refractivity (Wildman–Crippen MR) is 68.2 cm³/mol. The normalized spacial score (nSPS) is 31.8. The largest absolute Gasteiger partial charge is 0.387 e. The molecule has 10 heteroatoms. The number of imidazole rings is 1. The van der Waals surface area contributed by atoms with Crippen LogP contribution >= 0.6 is 15.9 Å². The third kappa shape index (κ3) is 1.34. The first-order valence-corrected chi connectivity index (χ1v) is 6.70. The van der Waals surface area contributed by atoms with Crippen LogP contribution in [0.1, 0.15) is 6.23 Å². The summed E-state index contributed by atoms with van der Waals surface area (Å²) in [6.07, 6.45) is -4.09. The number of aliphatic hydroxyl groups excluding tert-OH is 2. The van der Waals surface area contributed by atoms with Crippen molar-refractivity contribution in [3.63, 3.8) is 0 Å². The molecule has 0 radical (unpaired) electrons. The maximum atomic E-state index is 12.1. The van der Waals surface area contributed by atoms with Crippen molar-refractivity contribution in [2.45, 2.75) is 31.1 Å². The highest BCUT2D eigenvalue weighted by Crippen LogP contribution is 2.35. The van der Waals surface area contributed by atoms with Crippen molar-refractivity contribution in [2.75, 3.05) is 0 Å². The molecule has 9 nitrogen and oxygen atoms in total. The minimum atomic E-state index is -1.24. The number of halogens is 1. The van der Waals surface area contributed by atoms with E-state index in [0.29, 0.717) is 4.73 Å². The van der Waals surface area contributed by atoms with E-state index >= 15 is 0 Å². The van der Waals surface area contributed by atoms with Gasteiger partial charge in [0.1, 0.15) is 18.3 Å². The number of aromatic amines is 1. The van der Waals surface area contributed by atoms with Gasteiger partial charge in [-0.3, -0.25) is 9.78 Å². The monoisotopic (exact) mass is 344 g/mol.